The maximum atomic E-state index is 12.6. The second-order valence-electron chi connectivity index (χ2n) is 8.89. The van der Waals surface area contributed by atoms with Gasteiger partial charge in [-0.25, -0.2) is 4.79 Å². The Balaban J connectivity index is 2.92. The molecule has 2 atom stereocenters. The minimum Gasteiger partial charge on any atom is -0.444 e. The monoisotopic (exact) mass is 483 g/mol. The van der Waals surface area contributed by atoms with Crippen molar-refractivity contribution in [1.82, 2.24) is 4.90 Å². The first-order valence-electron chi connectivity index (χ1n) is 8.32. The van der Waals surface area contributed by atoms with Crippen molar-refractivity contribution in [2.24, 2.45) is 0 Å². The van der Waals surface area contributed by atoms with Crippen LogP contribution in [0.2, 0.25) is 18.1 Å². The van der Waals surface area contributed by atoms with Crippen LogP contribution in [-0.4, -0.2) is 43.6 Å². The van der Waals surface area contributed by atoms with Gasteiger partial charge in [0.2, 0.25) is 0 Å². The van der Waals surface area contributed by atoms with Gasteiger partial charge in [-0.05, 0) is 83.3 Å². The van der Waals surface area contributed by atoms with Gasteiger partial charge in [-0.3, -0.25) is 4.90 Å². The molecule has 0 aliphatic carbocycles. The SMILES string of the molecule is CC(C)(C)OC(=O)N1C[C@H](O[Si](C)(C)C(C)(C)C)C[C@H]1C=C(Br)Br. The zero-order chi connectivity index (χ0) is 18.9. The van der Waals surface area contributed by atoms with E-state index in [0.717, 1.165) is 9.81 Å². The fourth-order valence-electron chi connectivity index (χ4n) is 2.34. The first kappa shape index (κ1) is 22.2. The van der Waals surface area contributed by atoms with Crippen LogP contribution >= 0.6 is 31.9 Å². The second kappa shape index (κ2) is 7.80. The molecule has 0 bridgehead atoms. The Kier molecular flexibility index (Phi) is 7.21. The lowest BCUT2D eigenvalue weighted by molar-refractivity contribution is 0.0237. The van der Waals surface area contributed by atoms with Crippen LogP contribution in [0, 0.1) is 0 Å². The van der Waals surface area contributed by atoms with Gasteiger partial charge in [-0.1, -0.05) is 20.8 Å². The van der Waals surface area contributed by atoms with Crippen LogP contribution in [0.1, 0.15) is 48.0 Å². The number of hydrogen-bond acceptors (Lipinski definition) is 3. The molecular weight excluding hydrogens is 454 g/mol. The quantitative estimate of drug-likeness (QED) is 0.460. The largest absolute Gasteiger partial charge is 0.444 e. The average Bonchev–Trinajstić information content (AvgIpc) is 2.66. The van der Waals surface area contributed by atoms with Gasteiger partial charge in [0.05, 0.1) is 15.5 Å². The van der Waals surface area contributed by atoms with Crippen LogP contribution in [0.5, 0.6) is 0 Å². The van der Waals surface area contributed by atoms with Gasteiger partial charge >= 0.3 is 6.09 Å². The molecule has 0 radical (unpaired) electrons. The lowest BCUT2D eigenvalue weighted by Crippen LogP contribution is -2.45. The standard InChI is InChI=1S/C17H31Br2NO3Si/c1-16(2,3)22-15(21)20-11-13(9-12(20)10-14(18)19)23-24(7,8)17(4,5)6/h10,12-13H,9,11H2,1-8H3/t12-,13+/m0/s1. The molecule has 1 rings (SSSR count). The summed E-state index contributed by atoms with van der Waals surface area (Å²) in [5, 5.41) is 0.147. The van der Waals surface area contributed by atoms with E-state index in [4.69, 9.17) is 9.16 Å². The smallest absolute Gasteiger partial charge is 0.410 e. The van der Waals surface area contributed by atoms with Gasteiger partial charge in [0.25, 0.3) is 0 Å². The van der Waals surface area contributed by atoms with E-state index in [1.165, 1.54) is 0 Å². The second-order valence-corrected chi connectivity index (χ2v) is 16.4. The molecule has 1 fully saturated rings. The molecule has 0 saturated carbocycles. The third-order valence-electron chi connectivity index (χ3n) is 4.52. The molecule has 140 valence electrons. The number of carbonyl (C=O) groups is 1. The van der Waals surface area contributed by atoms with Gasteiger partial charge in [0.15, 0.2) is 8.32 Å². The van der Waals surface area contributed by atoms with Crippen LogP contribution in [0.4, 0.5) is 4.79 Å². The van der Waals surface area contributed by atoms with Crippen molar-refractivity contribution in [3.63, 3.8) is 0 Å². The van der Waals surface area contributed by atoms with E-state index in [9.17, 15) is 4.79 Å². The van der Waals surface area contributed by atoms with Crippen LogP contribution < -0.4 is 0 Å². The zero-order valence-corrected chi connectivity index (χ0v) is 20.2. The molecule has 24 heavy (non-hydrogen) atoms. The highest BCUT2D eigenvalue weighted by Gasteiger charge is 2.44. The van der Waals surface area contributed by atoms with Crippen molar-refractivity contribution >= 4 is 46.3 Å². The summed E-state index contributed by atoms with van der Waals surface area (Å²) in [5.41, 5.74) is -0.505. The molecule has 1 aliphatic rings. The predicted octanol–water partition coefficient (Wildman–Crippen LogP) is 6.02. The fraction of sp³-hybridized carbons (Fsp3) is 0.824. The summed E-state index contributed by atoms with van der Waals surface area (Å²) in [6, 6.07) is -0.0385. The molecule has 1 saturated heterocycles. The van der Waals surface area contributed by atoms with E-state index in [0.29, 0.717) is 6.54 Å². The lowest BCUT2D eigenvalue weighted by atomic mass is 10.2. The maximum absolute atomic E-state index is 12.6. The van der Waals surface area contributed by atoms with Crippen molar-refractivity contribution < 1.29 is 14.0 Å². The van der Waals surface area contributed by atoms with Crippen LogP contribution in [0.15, 0.2) is 9.47 Å². The normalized spacial score (nSPS) is 22.5. The molecule has 0 aromatic heterocycles. The molecule has 0 spiro atoms. The Morgan fingerprint density at radius 2 is 1.71 bits per heavy atom. The Labute approximate surface area is 164 Å². The Morgan fingerprint density at radius 3 is 2.12 bits per heavy atom. The molecule has 0 aromatic carbocycles. The Morgan fingerprint density at radius 1 is 1.17 bits per heavy atom. The summed E-state index contributed by atoms with van der Waals surface area (Å²) < 4.78 is 12.9. The van der Waals surface area contributed by atoms with Crippen LogP contribution in [0.3, 0.4) is 0 Å². The van der Waals surface area contributed by atoms with Crippen molar-refractivity contribution in [2.75, 3.05) is 6.54 Å². The maximum Gasteiger partial charge on any atom is 0.410 e. The van der Waals surface area contributed by atoms with E-state index in [1.807, 2.05) is 26.8 Å². The molecule has 0 N–H and O–H groups in total. The highest BCUT2D eigenvalue weighted by molar-refractivity contribution is 9.28. The van der Waals surface area contributed by atoms with E-state index >= 15 is 0 Å². The minimum atomic E-state index is -1.87. The number of ether oxygens (including phenoxy) is 1. The summed E-state index contributed by atoms with van der Waals surface area (Å²) >= 11 is 6.80. The predicted molar refractivity (Wildman–Crippen MR) is 109 cm³/mol. The van der Waals surface area contributed by atoms with Gasteiger partial charge in [0.1, 0.15) is 5.60 Å². The molecule has 0 unspecified atom stereocenters. The third-order valence-corrected chi connectivity index (χ3v) is 9.58. The van der Waals surface area contributed by atoms with E-state index in [-0.39, 0.29) is 23.3 Å². The van der Waals surface area contributed by atoms with Crippen molar-refractivity contribution in [1.29, 1.82) is 0 Å². The number of amides is 1. The number of hydrogen-bond donors (Lipinski definition) is 0. The summed E-state index contributed by atoms with van der Waals surface area (Å²) in [6.45, 7) is 17.4. The minimum absolute atomic E-state index is 0.0385. The molecule has 7 heteroatoms. The number of rotatable bonds is 3. The number of carbonyl (C=O) groups excluding carboxylic acids is 1. The van der Waals surface area contributed by atoms with E-state index < -0.39 is 13.9 Å². The summed E-state index contributed by atoms with van der Waals surface area (Å²) in [4.78, 5) is 14.3. The van der Waals surface area contributed by atoms with Crippen LogP contribution in [-0.2, 0) is 9.16 Å². The fourth-order valence-corrected chi connectivity index (χ4v) is 4.31. The first-order chi connectivity index (χ1) is 10.6. The summed E-state index contributed by atoms with van der Waals surface area (Å²) in [7, 11) is -1.87. The highest BCUT2D eigenvalue weighted by atomic mass is 79.9. The molecule has 0 aromatic rings. The summed E-state index contributed by atoms with van der Waals surface area (Å²) in [6.07, 6.45) is 2.52. The highest BCUT2D eigenvalue weighted by Crippen LogP contribution is 2.39. The molecule has 1 aliphatic heterocycles. The molecule has 1 amide bonds. The van der Waals surface area contributed by atoms with E-state index in [1.54, 1.807) is 4.90 Å². The van der Waals surface area contributed by atoms with Gasteiger partial charge in [-0.15, -0.1) is 0 Å². The number of nitrogens with zero attached hydrogens (tertiary/aromatic N) is 1. The summed E-state index contributed by atoms with van der Waals surface area (Å²) in [5.74, 6) is 0. The Bertz CT molecular complexity index is 491. The molecule has 1 heterocycles. The van der Waals surface area contributed by atoms with Crippen molar-refractivity contribution in [3.8, 4) is 0 Å². The van der Waals surface area contributed by atoms with Gasteiger partial charge in [0, 0.05) is 6.54 Å². The number of halogens is 2. The Hall–Kier alpha value is 0.147. The van der Waals surface area contributed by atoms with Gasteiger partial charge < -0.3 is 9.16 Å². The van der Waals surface area contributed by atoms with Gasteiger partial charge in [-0.2, -0.15) is 0 Å². The number of likely N-dealkylation sites (tertiary alicyclic amines) is 1. The average molecular weight is 485 g/mol. The molecule has 4 nitrogen and oxygen atoms in total. The molecular formula is C17H31Br2NO3Si. The van der Waals surface area contributed by atoms with Crippen molar-refractivity contribution in [3.05, 3.63) is 9.47 Å². The zero-order valence-electron chi connectivity index (χ0n) is 16.1. The van der Waals surface area contributed by atoms with Crippen LogP contribution in [0.25, 0.3) is 0 Å². The van der Waals surface area contributed by atoms with Crippen molar-refractivity contribution in [2.45, 2.75) is 83.8 Å². The van der Waals surface area contributed by atoms with E-state index in [2.05, 4.69) is 65.7 Å². The lowest BCUT2D eigenvalue weighted by Gasteiger charge is -2.38. The topological polar surface area (TPSA) is 38.8 Å². The first-order valence-corrected chi connectivity index (χ1v) is 12.8. The third kappa shape index (κ3) is 6.46.